The molecule has 4 nitrogen and oxygen atoms in total. The number of carboxylic acid groups (broad SMARTS) is 1. The summed E-state index contributed by atoms with van der Waals surface area (Å²) < 4.78 is 1.78. The van der Waals surface area contributed by atoms with Crippen LogP contribution in [0.15, 0.2) is 54.7 Å². The summed E-state index contributed by atoms with van der Waals surface area (Å²) in [6.45, 7) is 0. The molecule has 104 valence electrons. The van der Waals surface area contributed by atoms with Crippen molar-refractivity contribution in [1.82, 2.24) is 9.38 Å². The first kappa shape index (κ1) is 13.4. The van der Waals surface area contributed by atoms with Gasteiger partial charge in [0.2, 0.25) is 0 Å². The van der Waals surface area contributed by atoms with E-state index in [1.165, 1.54) is 6.08 Å². The minimum atomic E-state index is -1.01. The molecule has 1 N–H and O–H groups in total. The molecule has 0 amide bonds. The van der Waals surface area contributed by atoms with Crippen LogP contribution in [0.2, 0.25) is 5.02 Å². The molecule has 3 aromatic rings. The Morgan fingerprint density at radius 1 is 1.19 bits per heavy atom. The zero-order chi connectivity index (χ0) is 14.8. The molecule has 2 aromatic heterocycles. The first-order valence-electron chi connectivity index (χ1n) is 6.29. The van der Waals surface area contributed by atoms with Crippen molar-refractivity contribution in [2.24, 2.45) is 0 Å². The van der Waals surface area contributed by atoms with Crippen molar-refractivity contribution in [2.45, 2.75) is 0 Å². The lowest BCUT2D eigenvalue weighted by atomic mass is 10.1. The van der Waals surface area contributed by atoms with E-state index in [9.17, 15) is 4.79 Å². The molecule has 21 heavy (non-hydrogen) atoms. The van der Waals surface area contributed by atoms with Gasteiger partial charge in [0, 0.05) is 17.8 Å². The second kappa shape index (κ2) is 5.42. The molecule has 3 rings (SSSR count). The van der Waals surface area contributed by atoms with E-state index in [1.807, 2.05) is 30.3 Å². The molecule has 0 aliphatic rings. The fourth-order valence-electron chi connectivity index (χ4n) is 2.15. The summed E-state index contributed by atoms with van der Waals surface area (Å²) in [6.07, 6.45) is 4.34. The first-order chi connectivity index (χ1) is 10.1. The van der Waals surface area contributed by atoms with E-state index in [0.29, 0.717) is 16.4 Å². The topological polar surface area (TPSA) is 54.6 Å². The Balaban J connectivity index is 2.28. The Hall–Kier alpha value is -2.59. The number of rotatable bonds is 3. The molecule has 5 heteroatoms. The molecular formula is C16H11ClN2O2. The van der Waals surface area contributed by atoms with Gasteiger partial charge >= 0.3 is 5.97 Å². The third-order valence-electron chi connectivity index (χ3n) is 3.05. The molecule has 0 radical (unpaired) electrons. The van der Waals surface area contributed by atoms with Crippen LogP contribution >= 0.6 is 11.6 Å². The highest BCUT2D eigenvalue weighted by atomic mass is 35.5. The van der Waals surface area contributed by atoms with Crippen molar-refractivity contribution in [3.63, 3.8) is 0 Å². The first-order valence-corrected chi connectivity index (χ1v) is 6.67. The molecule has 0 atom stereocenters. The lowest BCUT2D eigenvalue weighted by Crippen LogP contribution is -1.91. The maximum Gasteiger partial charge on any atom is 0.328 e. The van der Waals surface area contributed by atoms with E-state index in [4.69, 9.17) is 16.7 Å². The molecule has 0 saturated carbocycles. The Morgan fingerprint density at radius 2 is 1.95 bits per heavy atom. The van der Waals surface area contributed by atoms with Crippen LogP contribution in [0.1, 0.15) is 5.69 Å². The van der Waals surface area contributed by atoms with Crippen LogP contribution in [0, 0.1) is 0 Å². The van der Waals surface area contributed by atoms with Crippen molar-refractivity contribution in [3.05, 3.63) is 65.5 Å². The Kier molecular flexibility index (Phi) is 3.46. The van der Waals surface area contributed by atoms with E-state index in [-0.39, 0.29) is 0 Å². The lowest BCUT2D eigenvalue weighted by Gasteiger charge is -2.00. The van der Waals surface area contributed by atoms with Gasteiger partial charge in [-0.1, -0.05) is 41.9 Å². The second-order valence-corrected chi connectivity index (χ2v) is 4.90. The van der Waals surface area contributed by atoms with Crippen LogP contribution in [0.5, 0.6) is 0 Å². The normalized spacial score (nSPS) is 11.3. The van der Waals surface area contributed by atoms with Crippen molar-refractivity contribution < 1.29 is 9.90 Å². The van der Waals surface area contributed by atoms with Gasteiger partial charge in [0.1, 0.15) is 5.65 Å². The number of fused-ring (bicyclic) bond motifs is 1. The third-order valence-corrected chi connectivity index (χ3v) is 3.27. The largest absolute Gasteiger partial charge is 0.478 e. The van der Waals surface area contributed by atoms with E-state index in [1.54, 1.807) is 22.7 Å². The number of carbonyl (C=O) groups is 1. The van der Waals surface area contributed by atoms with Gasteiger partial charge in [0.05, 0.1) is 16.4 Å². The van der Waals surface area contributed by atoms with Crippen LogP contribution in [0.4, 0.5) is 0 Å². The average molecular weight is 299 g/mol. The fourth-order valence-corrected chi connectivity index (χ4v) is 2.32. The van der Waals surface area contributed by atoms with Gasteiger partial charge in [0.25, 0.3) is 0 Å². The minimum absolute atomic E-state index is 0.560. The summed E-state index contributed by atoms with van der Waals surface area (Å²) in [4.78, 5) is 15.4. The van der Waals surface area contributed by atoms with Crippen LogP contribution in [-0.2, 0) is 4.79 Å². The van der Waals surface area contributed by atoms with Crippen LogP contribution < -0.4 is 0 Å². The maximum absolute atomic E-state index is 10.8. The van der Waals surface area contributed by atoms with Gasteiger partial charge in [-0.15, -0.1) is 0 Å². The summed E-state index contributed by atoms with van der Waals surface area (Å²) in [5.41, 5.74) is 3.03. The van der Waals surface area contributed by atoms with Crippen LogP contribution in [-0.4, -0.2) is 20.5 Å². The highest BCUT2D eigenvalue weighted by Crippen LogP contribution is 2.26. The van der Waals surface area contributed by atoms with Gasteiger partial charge in [-0.05, 0) is 18.2 Å². The van der Waals surface area contributed by atoms with E-state index in [0.717, 1.165) is 17.3 Å². The number of hydrogen-bond acceptors (Lipinski definition) is 2. The van der Waals surface area contributed by atoms with E-state index < -0.39 is 5.97 Å². The van der Waals surface area contributed by atoms with Crippen molar-refractivity contribution in [2.75, 3.05) is 0 Å². The number of pyridine rings is 1. The molecule has 0 saturated heterocycles. The average Bonchev–Trinajstić information content (AvgIpc) is 2.84. The second-order valence-electron chi connectivity index (χ2n) is 4.46. The SMILES string of the molecule is O=C(O)C=Cc1c(-c2ccccc2)nc2ccc(Cl)cn12. The van der Waals surface area contributed by atoms with Gasteiger partial charge in [-0.25, -0.2) is 9.78 Å². The summed E-state index contributed by atoms with van der Waals surface area (Å²) in [7, 11) is 0. The van der Waals surface area contributed by atoms with E-state index >= 15 is 0 Å². The summed E-state index contributed by atoms with van der Waals surface area (Å²) in [5, 5.41) is 9.42. The molecule has 0 bridgehead atoms. The number of carboxylic acids is 1. The summed E-state index contributed by atoms with van der Waals surface area (Å²) >= 11 is 6.02. The lowest BCUT2D eigenvalue weighted by molar-refractivity contribution is -0.131. The standard InChI is InChI=1S/C16H11ClN2O2/c17-12-6-8-14-18-16(11-4-2-1-3-5-11)13(19(14)10-12)7-9-15(20)21/h1-10H,(H,20,21). The highest BCUT2D eigenvalue weighted by Gasteiger charge is 2.12. The molecule has 0 spiro atoms. The molecule has 0 aliphatic heterocycles. The van der Waals surface area contributed by atoms with Gasteiger partial charge in [-0.2, -0.15) is 0 Å². The van der Waals surface area contributed by atoms with Crippen molar-refractivity contribution in [3.8, 4) is 11.3 Å². The zero-order valence-electron chi connectivity index (χ0n) is 10.9. The van der Waals surface area contributed by atoms with Gasteiger partial charge in [0.15, 0.2) is 0 Å². The van der Waals surface area contributed by atoms with Crippen molar-refractivity contribution >= 4 is 29.3 Å². The number of hydrogen-bond donors (Lipinski definition) is 1. The Morgan fingerprint density at radius 3 is 2.67 bits per heavy atom. The summed E-state index contributed by atoms with van der Waals surface area (Å²) in [5.74, 6) is -1.01. The predicted molar refractivity (Wildman–Crippen MR) is 82.3 cm³/mol. The van der Waals surface area contributed by atoms with Crippen LogP contribution in [0.25, 0.3) is 23.0 Å². The third kappa shape index (κ3) is 2.66. The number of aromatic nitrogens is 2. The number of aliphatic carboxylic acids is 1. The van der Waals surface area contributed by atoms with Gasteiger partial charge in [-0.3, -0.25) is 4.40 Å². The highest BCUT2D eigenvalue weighted by molar-refractivity contribution is 6.30. The van der Waals surface area contributed by atoms with Crippen molar-refractivity contribution in [1.29, 1.82) is 0 Å². The quantitative estimate of drug-likeness (QED) is 0.749. The molecular weight excluding hydrogens is 288 g/mol. The monoisotopic (exact) mass is 298 g/mol. The number of nitrogens with zero attached hydrogens (tertiary/aromatic N) is 2. The van der Waals surface area contributed by atoms with E-state index in [2.05, 4.69) is 4.98 Å². The zero-order valence-corrected chi connectivity index (χ0v) is 11.7. The maximum atomic E-state index is 10.8. The van der Waals surface area contributed by atoms with Crippen LogP contribution in [0.3, 0.4) is 0 Å². The number of halogens is 1. The predicted octanol–water partition coefficient (Wildman–Crippen LogP) is 3.75. The molecule has 0 fully saturated rings. The van der Waals surface area contributed by atoms with Gasteiger partial charge < -0.3 is 5.11 Å². The smallest absolute Gasteiger partial charge is 0.328 e. The number of imidazole rings is 1. The summed E-state index contributed by atoms with van der Waals surface area (Å²) in [6, 6.07) is 13.2. The molecule has 2 heterocycles. The minimum Gasteiger partial charge on any atom is -0.478 e. The Labute approximate surface area is 125 Å². The fraction of sp³-hybridized carbons (Fsp3) is 0. The Bertz CT molecular complexity index is 838. The molecule has 1 aromatic carbocycles. The molecule has 0 unspecified atom stereocenters. The molecule has 0 aliphatic carbocycles. The number of benzene rings is 1.